The quantitative estimate of drug-likeness (QED) is 0.528. The fourth-order valence-corrected chi connectivity index (χ4v) is 4.85. The minimum Gasteiger partial charge on any atom is -0.339 e. The summed E-state index contributed by atoms with van der Waals surface area (Å²) in [5.41, 5.74) is 2.00. The number of benzene rings is 2. The van der Waals surface area contributed by atoms with Crippen molar-refractivity contribution < 1.29 is 4.79 Å². The molecule has 0 aliphatic heterocycles. The van der Waals surface area contributed by atoms with E-state index in [0.717, 1.165) is 41.6 Å². The van der Waals surface area contributed by atoms with Gasteiger partial charge in [0.25, 0.3) is 0 Å². The Bertz CT molecular complexity index is 936. The number of aromatic nitrogens is 3. The summed E-state index contributed by atoms with van der Waals surface area (Å²) >= 11 is 1.47. The molecule has 4 rings (SSSR count). The summed E-state index contributed by atoms with van der Waals surface area (Å²) in [6.07, 6.45) is 4.71. The molecule has 1 amide bonds. The molecule has 150 valence electrons. The molecule has 1 fully saturated rings. The lowest BCUT2D eigenvalue weighted by molar-refractivity contribution is -0.130. The third-order valence-corrected chi connectivity index (χ3v) is 6.34. The van der Waals surface area contributed by atoms with Crippen LogP contribution in [0.5, 0.6) is 0 Å². The Labute approximate surface area is 176 Å². The zero-order valence-electron chi connectivity index (χ0n) is 16.7. The van der Waals surface area contributed by atoms with Crippen LogP contribution in [0, 0.1) is 0 Å². The van der Waals surface area contributed by atoms with Crippen molar-refractivity contribution in [2.24, 2.45) is 0 Å². The lowest BCUT2D eigenvalue weighted by Gasteiger charge is -2.27. The molecule has 3 aromatic rings. The summed E-state index contributed by atoms with van der Waals surface area (Å²) in [5.74, 6) is 1.35. The third-order valence-electron chi connectivity index (χ3n) is 5.43. The van der Waals surface area contributed by atoms with Crippen LogP contribution in [0.2, 0.25) is 0 Å². The molecule has 0 spiro atoms. The minimum atomic E-state index is 0.188. The standard InChI is InChI=1S/C23H26N4OS/c1-2-26(19-13-9-10-14-19)21(28)17-29-23-25-24-22(18-11-5-3-6-12-18)27(23)20-15-7-4-8-16-20/h3-8,11-12,15-16,19H,2,9-10,13-14,17H2,1H3. The molecule has 1 aliphatic rings. The van der Waals surface area contributed by atoms with Crippen LogP contribution in [-0.4, -0.2) is 43.9 Å². The summed E-state index contributed by atoms with van der Waals surface area (Å²) in [6, 6.07) is 20.5. The third kappa shape index (κ3) is 4.37. The average Bonchev–Trinajstić information content (AvgIpc) is 3.44. The van der Waals surface area contributed by atoms with Crippen LogP contribution in [0.1, 0.15) is 32.6 Å². The number of para-hydroxylation sites is 1. The highest BCUT2D eigenvalue weighted by Crippen LogP contribution is 2.29. The highest BCUT2D eigenvalue weighted by atomic mass is 32.2. The molecular weight excluding hydrogens is 380 g/mol. The van der Waals surface area contributed by atoms with Gasteiger partial charge in [0.1, 0.15) is 0 Å². The van der Waals surface area contributed by atoms with E-state index in [1.807, 2.05) is 70.1 Å². The van der Waals surface area contributed by atoms with Gasteiger partial charge in [0.15, 0.2) is 11.0 Å². The van der Waals surface area contributed by atoms with Crippen molar-refractivity contribution >= 4 is 17.7 Å². The Hall–Kier alpha value is -2.60. The van der Waals surface area contributed by atoms with Gasteiger partial charge in [-0.15, -0.1) is 10.2 Å². The van der Waals surface area contributed by atoms with E-state index in [2.05, 4.69) is 17.1 Å². The Morgan fingerprint density at radius 2 is 1.69 bits per heavy atom. The number of rotatable bonds is 7. The molecule has 0 saturated heterocycles. The molecule has 0 N–H and O–H groups in total. The van der Waals surface area contributed by atoms with Crippen LogP contribution >= 0.6 is 11.8 Å². The number of hydrogen-bond donors (Lipinski definition) is 0. The highest BCUT2D eigenvalue weighted by Gasteiger charge is 2.26. The fraction of sp³-hybridized carbons (Fsp3) is 0.348. The van der Waals surface area contributed by atoms with Crippen molar-refractivity contribution in [2.75, 3.05) is 12.3 Å². The van der Waals surface area contributed by atoms with Crippen LogP contribution < -0.4 is 0 Å². The Kier molecular flexibility index (Phi) is 6.30. The number of carbonyl (C=O) groups is 1. The first-order valence-corrected chi connectivity index (χ1v) is 11.2. The zero-order valence-corrected chi connectivity index (χ0v) is 17.5. The van der Waals surface area contributed by atoms with E-state index in [1.54, 1.807) is 0 Å². The Morgan fingerprint density at radius 1 is 1.03 bits per heavy atom. The molecule has 2 aromatic carbocycles. The molecule has 0 atom stereocenters. The van der Waals surface area contributed by atoms with E-state index < -0.39 is 0 Å². The first-order valence-electron chi connectivity index (χ1n) is 10.3. The number of amides is 1. The molecule has 6 heteroatoms. The zero-order chi connectivity index (χ0) is 20.1. The monoisotopic (exact) mass is 406 g/mol. The van der Waals surface area contributed by atoms with E-state index in [9.17, 15) is 4.79 Å². The average molecular weight is 407 g/mol. The predicted molar refractivity (Wildman–Crippen MR) is 117 cm³/mol. The van der Waals surface area contributed by atoms with Crippen molar-refractivity contribution in [1.29, 1.82) is 0 Å². The predicted octanol–water partition coefficient (Wildman–Crippen LogP) is 4.82. The molecule has 0 unspecified atom stereocenters. The smallest absolute Gasteiger partial charge is 0.233 e. The first-order chi connectivity index (χ1) is 14.3. The number of nitrogens with zero attached hydrogens (tertiary/aromatic N) is 4. The minimum absolute atomic E-state index is 0.188. The van der Waals surface area contributed by atoms with Crippen LogP contribution in [0.25, 0.3) is 17.1 Å². The van der Waals surface area contributed by atoms with Crippen molar-refractivity contribution in [1.82, 2.24) is 19.7 Å². The normalized spacial score (nSPS) is 14.2. The largest absolute Gasteiger partial charge is 0.339 e. The molecule has 0 radical (unpaired) electrons. The van der Waals surface area contributed by atoms with Gasteiger partial charge in [-0.2, -0.15) is 0 Å². The molecule has 1 saturated carbocycles. The van der Waals surface area contributed by atoms with E-state index in [1.165, 1.54) is 24.6 Å². The summed E-state index contributed by atoms with van der Waals surface area (Å²) < 4.78 is 2.04. The van der Waals surface area contributed by atoms with Crippen LogP contribution in [0.3, 0.4) is 0 Å². The van der Waals surface area contributed by atoms with Crippen molar-refractivity contribution in [2.45, 2.75) is 43.8 Å². The van der Waals surface area contributed by atoms with Gasteiger partial charge in [-0.1, -0.05) is 73.1 Å². The maximum Gasteiger partial charge on any atom is 0.233 e. The molecule has 1 heterocycles. The van der Waals surface area contributed by atoms with E-state index in [0.29, 0.717) is 11.8 Å². The molecule has 1 aliphatic carbocycles. The maximum atomic E-state index is 12.9. The van der Waals surface area contributed by atoms with Gasteiger partial charge >= 0.3 is 0 Å². The van der Waals surface area contributed by atoms with Crippen LogP contribution in [-0.2, 0) is 4.79 Å². The summed E-state index contributed by atoms with van der Waals surface area (Å²) in [4.78, 5) is 14.9. The van der Waals surface area contributed by atoms with E-state index >= 15 is 0 Å². The summed E-state index contributed by atoms with van der Waals surface area (Å²) in [6.45, 7) is 2.84. The van der Waals surface area contributed by atoms with Gasteiger partial charge in [-0.25, -0.2) is 0 Å². The van der Waals surface area contributed by atoms with Crippen molar-refractivity contribution in [3.8, 4) is 17.1 Å². The number of hydrogen-bond acceptors (Lipinski definition) is 4. The summed E-state index contributed by atoms with van der Waals surface area (Å²) in [7, 11) is 0. The van der Waals surface area contributed by atoms with Crippen molar-refractivity contribution in [3.63, 3.8) is 0 Å². The molecule has 1 aromatic heterocycles. The molecule has 0 bridgehead atoms. The molecule has 5 nitrogen and oxygen atoms in total. The lowest BCUT2D eigenvalue weighted by atomic mass is 10.2. The number of carbonyl (C=O) groups excluding carboxylic acids is 1. The highest BCUT2D eigenvalue weighted by molar-refractivity contribution is 7.99. The van der Waals surface area contributed by atoms with Gasteiger partial charge in [0, 0.05) is 23.8 Å². The van der Waals surface area contributed by atoms with Gasteiger partial charge in [0.2, 0.25) is 5.91 Å². The SMILES string of the molecule is CCN(C(=O)CSc1nnc(-c2ccccc2)n1-c1ccccc1)C1CCCC1. The van der Waals surface area contributed by atoms with Gasteiger partial charge in [-0.3, -0.25) is 9.36 Å². The summed E-state index contributed by atoms with van der Waals surface area (Å²) in [5, 5.41) is 9.62. The van der Waals surface area contributed by atoms with Gasteiger partial charge < -0.3 is 4.90 Å². The molecular formula is C23H26N4OS. The second kappa shape index (κ2) is 9.27. The second-order valence-corrected chi connectivity index (χ2v) is 8.19. The van der Waals surface area contributed by atoms with Crippen LogP contribution in [0.15, 0.2) is 65.8 Å². The van der Waals surface area contributed by atoms with Crippen molar-refractivity contribution in [3.05, 3.63) is 60.7 Å². The Morgan fingerprint density at radius 3 is 2.34 bits per heavy atom. The van der Waals surface area contributed by atoms with Gasteiger partial charge in [-0.05, 0) is 31.9 Å². The van der Waals surface area contributed by atoms with E-state index in [4.69, 9.17) is 0 Å². The fourth-order valence-electron chi connectivity index (χ4n) is 4.01. The topological polar surface area (TPSA) is 51.0 Å². The van der Waals surface area contributed by atoms with Crippen LogP contribution in [0.4, 0.5) is 0 Å². The maximum absolute atomic E-state index is 12.9. The Balaban J connectivity index is 1.59. The lowest BCUT2D eigenvalue weighted by Crippen LogP contribution is -2.39. The second-order valence-electron chi connectivity index (χ2n) is 7.25. The first kappa shape index (κ1) is 19.7. The molecule has 29 heavy (non-hydrogen) atoms. The van der Waals surface area contributed by atoms with E-state index in [-0.39, 0.29) is 5.91 Å². The number of thioether (sulfide) groups is 1. The van der Waals surface area contributed by atoms with Gasteiger partial charge in [0.05, 0.1) is 5.75 Å².